The molecule has 0 bridgehead atoms. The zero-order valence-electron chi connectivity index (χ0n) is 27.5. The zero-order chi connectivity index (χ0) is 37.6. The highest BCUT2D eigenvalue weighted by Gasteiger charge is 2.32. The van der Waals surface area contributed by atoms with Crippen molar-refractivity contribution in [1.29, 1.82) is 0 Å². The lowest BCUT2D eigenvalue weighted by Gasteiger charge is -2.30. The number of hydrogen-bond donors (Lipinski definition) is 2. The average Bonchev–Trinajstić information content (AvgIpc) is 3.12. The normalized spacial score (nSPS) is 12.2. The van der Waals surface area contributed by atoms with Gasteiger partial charge in [0, 0.05) is 43.9 Å². The van der Waals surface area contributed by atoms with Crippen LogP contribution in [0, 0.1) is 20.2 Å². The Labute approximate surface area is 292 Å². The van der Waals surface area contributed by atoms with Crippen LogP contribution in [0.1, 0.15) is 11.1 Å². The molecule has 2 atom stereocenters. The van der Waals surface area contributed by atoms with Gasteiger partial charge in [-0.05, 0) is 47.5 Å². The van der Waals surface area contributed by atoms with E-state index < -0.39 is 56.5 Å². The van der Waals surface area contributed by atoms with E-state index >= 15 is 0 Å². The zero-order valence-corrected chi connectivity index (χ0v) is 28.3. The number of amides is 1. The predicted molar refractivity (Wildman–Crippen MR) is 179 cm³/mol. The lowest BCUT2D eigenvalue weighted by atomic mass is 10.1. The molecule has 272 valence electrons. The van der Waals surface area contributed by atoms with Gasteiger partial charge in [-0.15, -0.1) is 0 Å². The van der Waals surface area contributed by atoms with Crippen molar-refractivity contribution in [3.05, 3.63) is 117 Å². The van der Waals surface area contributed by atoms with Crippen molar-refractivity contribution in [3.63, 3.8) is 0 Å². The topological polar surface area (TPSA) is 236 Å². The van der Waals surface area contributed by atoms with Crippen LogP contribution in [0.2, 0.25) is 0 Å². The summed E-state index contributed by atoms with van der Waals surface area (Å²) in [6.45, 7) is 2.23. The van der Waals surface area contributed by atoms with Gasteiger partial charge in [-0.3, -0.25) is 29.9 Å². The van der Waals surface area contributed by atoms with Gasteiger partial charge in [-0.1, -0.05) is 24.8 Å². The number of esters is 2. The van der Waals surface area contributed by atoms with Crippen molar-refractivity contribution < 1.29 is 51.6 Å². The van der Waals surface area contributed by atoms with E-state index in [0.29, 0.717) is 16.9 Å². The molecular weight excluding hydrogens is 694 g/mol. The second-order valence-corrected chi connectivity index (χ2v) is 12.3. The summed E-state index contributed by atoms with van der Waals surface area (Å²) in [4.78, 5) is 60.8. The lowest BCUT2D eigenvalue weighted by Crippen LogP contribution is -2.54. The SMILES string of the molecule is C=CCOC(=O)[C@H](CN(Cc1ccc(OC)cc1)C[C@H](NS(=O)(=O)c1ccc([N+](=O)[O-])cc1)C(=O)OC)NC(=O)OCc1ccc([N+](=O)[O-])cc1. The molecule has 0 radical (unpaired) electrons. The molecule has 0 saturated carbocycles. The maximum atomic E-state index is 13.3. The summed E-state index contributed by atoms with van der Waals surface area (Å²) < 4.78 is 49.3. The van der Waals surface area contributed by atoms with E-state index in [1.165, 1.54) is 42.4 Å². The summed E-state index contributed by atoms with van der Waals surface area (Å²) in [5.74, 6) is -1.37. The Morgan fingerprint density at radius 3 is 1.90 bits per heavy atom. The maximum Gasteiger partial charge on any atom is 0.408 e. The summed E-state index contributed by atoms with van der Waals surface area (Å²) in [5, 5.41) is 24.4. The molecule has 0 spiro atoms. The van der Waals surface area contributed by atoms with Crippen LogP contribution < -0.4 is 14.8 Å². The number of alkyl carbamates (subject to hydrolysis) is 1. The van der Waals surface area contributed by atoms with E-state index in [2.05, 4.69) is 16.6 Å². The van der Waals surface area contributed by atoms with Gasteiger partial charge in [0.25, 0.3) is 11.4 Å². The minimum atomic E-state index is -4.45. The molecule has 0 saturated heterocycles. The summed E-state index contributed by atoms with van der Waals surface area (Å²) in [6, 6.07) is 12.9. The van der Waals surface area contributed by atoms with Crippen molar-refractivity contribution in [3.8, 4) is 5.75 Å². The van der Waals surface area contributed by atoms with E-state index in [0.717, 1.165) is 31.4 Å². The van der Waals surface area contributed by atoms with Crippen LogP contribution in [0.25, 0.3) is 0 Å². The number of carbonyl (C=O) groups excluding carboxylic acids is 3. The number of non-ortho nitro benzene ring substituents is 2. The van der Waals surface area contributed by atoms with Crippen LogP contribution in [-0.2, 0) is 47.0 Å². The van der Waals surface area contributed by atoms with Crippen LogP contribution >= 0.6 is 0 Å². The fourth-order valence-corrected chi connectivity index (χ4v) is 5.66. The van der Waals surface area contributed by atoms with Gasteiger partial charge in [0.1, 0.15) is 31.0 Å². The molecule has 2 N–H and O–H groups in total. The van der Waals surface area contributed by atoms with Crippen molar-refractivity contribution in [2.45, 2.75) is 30.1 Å². The Balaban J connectivity index is 1.89. The van der Waals surface area contributed by atoms with E-state index in [-0.39, 0.29) is 42.6 Å². The highest BCUT2D eigenvalue weighted by molar-refractivity contribution is 7.89. The number of nitro benzene ring substituents is 2. The summed E-state index contributed by atoms with van der Waals surface area (Å²) in [5.41, 5.74) is 0.545. The Morgan fingerprint density at radius 2 is 1.37 bits per heavy atom. The number of rotatable bonds is 19. The number of methoxy groups -OCH3 is 2. The molecule has 18 nitrogen and oxygen atoms in total. The first kappa shape index (κ1) is 39.5. The maximum absolute atomic E-state index is 13.3. The van der Waals surface area contributed by atoms with Crippen LogP contribution in [0.3, 0.4) is 0 Å². The third-order valence-electron chi connectivity index (χ3n) is 7.02. The predicted octanol–water partition coefficient (Wildman–Crippen LogP) is 2.86. The molecule has 0 aliphatic rings. The number of carbonyl (C=O) groups is 3. The largest absolute Gasteiger partial charge is 0.497 e. The highest BCUT2D eigenvalue weighted by atomic mass is 32.2. The van der Waals surface area contributed by atoms with E-state index in [1.807, 2.05) is 0 Å². The van der Waals surface area contributed by atoms with Crippen LogP contribution in [0.15, 0.2) is 90.3 Å². The molecule has 0 aliphatic carbocycles. The van der Waals surface area contributed by atoms with E-state index in [4.69, 9.17) is 18.9 Å². The monoisotopic (exact) mass is 729 g/mol. The third kappa shape index (κ3) is 12.2. The standard InChI is InChI=1S/C32H35N5O13S/c1-4-17-49-31(39)28(33-32(40)50-21-23-5-9-24(10-6-23)36(41)42)19-35(18-22-7-13-26(47-2)14-8-22)20-29(30(38)48-3)34-51(45,46)27-15-11-25(12-16-27)37(43)44/h4-16,28-29,34H,1,17-21H2,2-3H3,(H,33,40)/t28-,29-/m0/s1. The Hall–Kier alpha value is -5.92. The number of benzene rings is 3. The molecule has 1 amide bonds. The molecule has 0 unspecified atom stereocenters. The minimum absolute atomic E-state index is 0.00150. The second-order valence-electron chi connectivity index (χ2n) is 10.6. The highest BCUT2D eigenvalue weighted by Crippen LogP contribution is 2.18. The number of sulfonamides is 1. The molecule has 0 fully saturated rings. The van der Waals surface area contributed by atoms with Gasteiger partial charge in [0.2, 0.25) is 10.0 Å². The van der Waals surface area contributed by atoms with Crippen LogP contribution in [-0.4, -0.2) is 87.2 Å². The number of hydrogen-bond acceptors (Lipinski definition) is 14. The second kappa shape index (κ2) is 18.7. The molecule has 51 heavy (non-hydrogen) atoms. The van der Waals surface area contributed by atoms with Crippen LogP contribution in [0.5, 0.6) is 5.75 Å². The Bertz CT molecular complexity index is 1800. The van der Waals surface area contributed by atoms with Crippen molar-refractivity contribution >= 4 is 39.4 Å². The first-order valence-electron chi connectivity index (χ1n) is 14.9. The summed E-state index contributed by atoms with van der Waals surface area (Å²) >= 11 is 0. The first-order chi connectivity index (χ1) is 24.3. The smallest absolute Gasteiger partial charge is 0.408 e. The van der Waals surface area contributed by atoms with Crippen molar-refractivity contribution in [2.24, 2.45) is 0 Å². The molecule has 0 aliphatic heterocycles. The minimum Gasteiger partial charge on any atom is -0.497 e. The molecule has 0 aromatic heterocycles. The van der Waals surface area contributed by atoms with Gasteiger partial charge in [-0.2, -0.15) is 4.72 Å². The van der Waals surface area contributed by atoms with Crippen molar-refractivity contribution in [1.82, 2.24) is 14.9 Å². The number of nitrogens with zero attached hydrogens (tertiary/aromatic N) is 3. The molecule has 19 heteroatoms. The van der Waals surface area contributed by atoms with Gasteiger partial charge in [-0.25, -0.2) is 18.0 Å². The lowest BCUT2D eigenvalue weighted by molar-refractivity contribution is -0.385. The van der Waals surface area contributed by atoms with Gasteiger partial charge in [0.05, 0.1) is 29.0 Å². The Kier molecular flexibility index (Phi) is 14.5. The third-order valence-corrected chi connectivity index (χ3v) is 8.51. The molecule has 0 heterocycles. The van der Waals surface area contributed by atoms with Gasteiger partial charge in [0.15, 0.2) is 0 Å². The quantitative estimate of drug-likeness (QED) is 0.0594. The number of nitro groups is 2. The fraction of sp³-hybridized carbons (Fsp3) is 0.281. The summed E-state index contributed by atoms with van der Waals surface area (Å²) in [6.07, 6.45) is 0.249. The summed E-state index contributed by atoms with van der Waals surface area (Å²) in [7, 11) is -1.93. The van der Waals surface area contributed by atoms with Gasteiger partial charge < -0.3 is 24.3 Å². The molecule has 3 rings (SSSR count). The average molecular weight is 730 g/mol. The van der Waals surface area contributed by atoms with Gasteiger partial charge >= 0.3 is 18.0 Å². The Morgan fingerprint density at radius 1 is 0.824 bits per heavy atom. The molecular formula is C32H35N5O13S. The fourth-order valence-electron chi connectivity index (χ4n) is 4.48. The number of nitrogens with one attached hydrogen (secondary N) is 2. The molecule has 3 aromatic carbocycles. The van der Waals surface area contributed by atoms with E-state index in [1.54, 1.807) is 24.3 Å². The van der Waals surface area contributed by atoms with E-state index in [9.17, 15) is 43.0 Å². The number of ether oxygens (including phenoxy) is 4. The van der Waals surface area contributed by atoms with Crippen LogP contribution in [0.4, 0.5) is 16.2 Å². The van der Waals surface area contributed by atoms with Crippen molar-refractivity contribution in [2.75, 3.05) is 33.9 Å². The molecule has 3 aromatic rings. The first-order valence-corrected chi connectivity index (χ1v) is 16.4.